The quantitative estimate of drug-likeness (QED) is 0.358. The van der Waals surface area contributed by atoms with E-state index in [1.54, 1.807) is 6.92 Å². The molecule has 1 aliphatic heterocycles. The molecule has 0 radical (unpaired) electrons. The van der Waals surface area contributed by atoms with E-state index in [2.05, 4.69) is 10.5 Å². The Hall–Kier alpha value is -3.17. The fraction of sp³-hybridized carbons (Fsp3) is 0.167. The Morgan fingerprint density at radius 3 is 2.29 bits per heavy atom. The number of aryl methyl sites for hydroxylation is 1. The average molecular weight is 529 g/mol. The number of rotatable bonds is 4. The normalized spacial score (nSPS) is 17.7. The van der Waals surface area contributed by atoms with Gasteiger partial charge in [0, 0.05) is 39.3 Å². The first-order valence-corrected chi connectivity index (χ1v) is 10.8. The van der Waals surface area contributed by atoms with Gasteiger partial charge in [0.15, 0.2) is 11.6 Å². The van der Waals surface area contributed by atoms with E-state index in [-0.39, 0.29) is 32.6 Å². The molecular formula is C24H15Cl2F5N2O2. The second-order valence-electron chi connectivity index (χ2n) is 7.90. The Bertz CT molecular complexity index is 1340. The Balaban J connectivity index is 1.59. The Labute approximate surface area is 206 Å². The molecule has 1 heterocycles. The molecule has 0 spiro atoms. The molecular weight excluding hydrogens is 514 g/mol. The van der Waals surface area contributed by atoms with Crippen molar-refractivity contribution in [2.45, 2.75) is 25.1 Å². The average Bonchev–Trinajstić information content (AvgIpc) is 3.23. The van der Waals surface area contributed by atoms with Gasteiger partial charge in [-0.1, -0.05) is 34.4 Å². The minimum atomic E-state index is -4.84. The number of amides is 1. The summed E-state index contributed by atoms with van der Waals surface area (Å²) in [4.78, 5) is 17.6. The van der Waals surface area contributed by atoms with Crippen LogP contribution in [0.3, 0.4) is 0 Å². The lowest BCUT2D eigenvalue weighted by atomic mass is 9.86. The Kier molecular flexibility index (Phi) is 6.50. The minimum Gasteiger partial charge on any atom is -0.374 e. The van der Waals surface area contributed by atoms with Crippen molar-refractivity contribution in [1.82, 2.24) is 0 Å². The van der Waals surface area contributed by atoms with Crippen molar-refractivity contribution in [3.63, 3.8) is 0 Å². The first-order valence-electron chi connectivity index (χ1n) is 10.1. The SMILES string of the molecule is Cc1cc(C2=NOC(c3cc(Cl)cc(Cl)c3)(C(F)(F)F)C2)ccc1C(=O)Nc1ccc(F)c(F)c1. The van der Waals surface area contributed by atoms with Gasteiger partial charge in [-0.3, -0.25) is 4.79 Å². The molecule has 182 valence electrons. The lowest BCUT2D eigenvalue weighted by Gasteiger charge is -2.29. The summed E-state index contributed by atoms with van der Waals surface area (Å²) >= 11 is 11.8. The molecule has 3 aromatic rings. The highest BCUT2D eigenvalue weighted by atomic mass is 35.5. The van der Waals surface area contributed by atoms with Crippen LogP contribution in [-0.4, -0.2) is 17.8 Å². The molecule has 0 aromatic heterocycles. The third kappa shape index (κ3) is 4.83. The van der Waals surface area contributed by atoms with Gasteiger partial charge in [0.05, 0.1) is 5.71 Å². The predicted molar refractivity (Wildman–Crippen MR) is 122 cm³/mol. The van der Waals surface area contributed by atoms with Gasteiger partial charge in [0.1, 0.15) is 0 Å². The van der Waals surface area contributed by atoms with Gasteiger partial charge in [-0.2, -0.15) is 13.2 Å². The third-order valence-electron chi connectivity index (χ3n) is 5.50. The number of oxime groups is 1. The number of carbonyl (C=O) groups is 1. The molecule has 4 rings (SSSR count). The van der Waals surface area contributed by atoms with Gasteiger partial charge >= 0.3 is 6.18 Å². The molecule has 1 amide bonds. The molecule has 1 atom stereocenters. The largest absolute Gasteiger partial charge is 0.435 e. The molecule has 0 saturated heterocycles. The fourth-order valence-corrected chi connectivity index (χ4v) is 4.24. The van der Waals surface area contributed by atoms with Gasteiger partial charge < -0.3 is 10.2 Å². The highest BCUT2D eigenvalue weighted by Crippen LogP contribution is 2.49. The number of alkyl halides is 3. The molecule has 1 unspecified atom stereocenters. The highest BCUT2D eigenvalue weighted by Gasteiger charge is 2.62. The lowest BCUT2D eigenvalue weighted by molar-refractivity contribution is -0.275. The lowest BCUT2D eigenvalue weighted by Crippen LogP contribution is -2.42. The summed E-state index contributed by atoms with van der Waals surface area (Å²) in [6.45, 7) is 1.58. The molecule has 35 heavy (non-hydrogen) atoms. The van der Waals surface area contributed by atoms with Crippen LogP contribution in [0.5, 0.6) is 0 Å². The van der Waals surface area contributed by atoms with Crippen molar-refractivity contribution in [3.8, 4) is 0 Å². The smallest absolute Gasteiger partial charge is 0.374 e. The summed E-state index contributed by atoms with van der Waals surface area (Å²) in [5.41, 5.74) is -2.11. The van der Waals surface area contributed by atoms with E-state index >= 15 is 0 Å². The minimum absolute atomic E-state index is 0.00841. The van der Waals surface area contributed by atoms with Crippen molar-refractivity contribution in [1.29, 1.82) is 0 Å². The number of hydrogen-bond acceptors (Lipinski definition) is 3. The number of nitrogens with one attached hydrogen (secondary N) is 1. The second-order valence-corrected chi connectivity index (χ2v) is 8.77. The third-order valence-corrected chi connectivity index (χ3v) is 5.93. The summed E-state index contributed by atoms with van der Waals surface area (Å²) in [6, 6.07) is 10.8. The van der Waals surface area contributed by atoms with Crippen molar-refractivity contribution >= 4 is 40.5 Å². The van der Waals surface area contributed by atoms with Crippen LogP contribution >= 0.6 is 23.2 Å². The number of nitrogens with zero attached hydrogens (tertiary/aromatic N) is 1. The number of halogens is 7. The van der Waals surface area contributed by atoms with E-state index in [0.29, 0.717) is 11.1 Å². The zero-order valence-electron chi connectivity index (χ0n) is 17.8. The monoisotopic (exact) mass is 528 g/mol. The van der Waals surface area contributed by atoms with Gasteiger partial charge in [0.25, 0.3) is 11.5 Å². The van der Waals surface area contributed by atoms with Crippen LogP contribution in [0.25, 0.3) is 0 Å². The molecule has 0 fully saturated rings. The van der Waals surface area contributed by atoms with E-state index in [1.807, 2.05) is 0 Å². The van der Waals surface area contributed by atoms with E-state index in [1.165, 1.54) is 30.3 Å². The summed E-state index contributed by atoms with van der Waals surface area (Å²) in [6.07, 6.45) is -5.49. The summed E-state index contributed by atoms with van der Waals surface area (Å²) in [7, 11) is 0. The summed E-state index contributed by atoms with van der Waals surface area (Å²) in [5.74, 6) is -2.79. The zero-order valence-corrected chi connectivity index (χ0v) is 19.3. The standard InChI is InChI=1S/C24H15Cl2F5N2O2/c1-12-6-13(2-4-18(12)22(34)32-17-3-5-19(27)20(28)10-17)21-11-23(35-33-21,24(29,30)31)14-7-15(25)9-16(26)8-14/h2-10H,11H2,1H3,(H,32,34). The van der Waals surface area contributed by atoms with Crippen molar-refractivity contribution < 1.29 is 31.6 Å². The van der Waals surface area contributed by atoms with E-state index < -0.39 is 35.7 Å². The maximum atomic E-state index is 14.2. The number of hydrogen-bond donors (Lipinski definition) is 1. The van der Waals surface area contributed by atoms with E-state index in [4.69, 9.17) is 28.0 Å². The van der Waals surface area contributed by atoms with Crippen molar-refractivity contribution in [2.75, 3.05) is 5.32 Å². The molecule has 0 saturated carbocycles. The first-order chi connectivity index (χ1) is 16.4. The molecule has 0 bridgehead atoms. The Morgan fingerprint density at radius 2 is 1.69 bits per heavy atom. The van der Waals surface area contributed by atoms with Gasteiger partial charge in [-0.15, -0.1) is 0 Å². The maximum Gasteiger partial charge on any atom is 0.435 e. The van der Waals surface area contributed by atoms with Gasteiger partial charge in [-0.05, 0) is 60.5 Å². The van der Waals surface area contributed by atoms with Crippen molar-refractivity contribution in [2.24, 2.45) is 5.16 Å². The predicted octanol–water partition coefficient (Wildman–Crippen LogP) is 7.41. The first kappa shape index (κ1) is 24.9. The van der Waals surface area contributed by atoms with Crippen LogP contribution in [-0.2, 0) is 10.4 Å². The van der Waals surface area contributed by atoms with E-state index in [0.717, 1.165) is 24.3 Å². The fourth-order valence-electron chi connectivity index (χ4n) is 3.72. The van der Waals surface area contributed by atoms with E-state index in [9.17, 15) is 26.7 Å². The Morgan fingerprint density at radius 1 is 1.00 bits per heavy atom. The highest BCUT2D eigenvalue weighted by molar-refractivity contribution is 6.34. The topological polar surface area (TPSA) is 50.7 Å². The van der Waals surface area contributed by atoms with Crippen LogP contribution in [0.2, 0.25) is 10.0 Å². The maximum absolute atomic E-state index is 14.2. The molecule has 1 N–H and O–H groups in total. The van der Waals surface area contributed by atoms with Crippen LogP contribution in [0.1, 0.15) is 33.5 Å². The summed E-state index contributed by atoms with van der Waals surface area (Å²) in [5, 5.41) is 6.17. The van der Waals surface area contributed by atoms with Gasteiger partial charge in [0.2, 0.25) is 0 Å². The molecule has 1 aliphatic rings. The van der Waals surface area contributed by atoms with Crippen LogP contribution < -0.4 is 5.32 Å². The number of anilines is 1. The zero-order chi connectivity index (χ0) is 25.5. The van der Waals surface area contributed by atoms with Crippen LogP contribution in [0.4, 0.5) is 27.6 Å². The number of carbonyl (C=O) groups excluding carboxylic acids is 1. The van der Waals surface area contributed by atoms with Crippen LogP contribution in [0, 0.1) is 18.6 Å². The number of benzene rings is 3. The summed E-state index contributed by atoms with van der Waals surface area (Å²) < 4.78 is 69.0. The molecule has 3 aromatic carbocycles. The second kappa shape index (κ2) is 9.13. The van der Waals surface area contributed by atoms with Crippen molar-refractivity contribution in [3.05, 3.63) is 98.5 Å². The molecule has 11 heteroatoms. The molecule has 0 aliphatic carbocycles. The van der Waals surface area contributed by atoms with Crippen LogP contribution in [0.15, 0.2) is 59.8 Å². The van der Waals surface area contributed by atoms with Gasteiger partial charge in [-0.25, -0.2) is 8.78 Å². The molecule has 4 nitrogen and oxygen atoms in total.